The molecule has 1 aliphatic rings. The third kappa shape index (κ3) is 1.49. The molecule has 0 bridgehead atoms. The van der Waals surface area contributed by atoms with E-state index in [4.69, 9.17) is 0 Å². The van der Waals surface area contributed by atoms with Crippen LogP contribution in [0.4, 0.5) is 0 Å². The molecule has 2 heterocycles. The van der Waals surface area contributed by atoms with Gasteiger partial charge in [-0.3, -0.25) is 4.57 Å². The van der Waals surface area contributed by atoms with E-state index in [-0.39, 0.29) is 12.2 Å². The van der Waals surface area contributed by atoms with Gasteiger partial charge in [-0.2, -0.15) is 5.10 Å². The summed E-state index contributed by atoms with van der Waals surface area (Å²) in [6, 6.07) is 0. The van der Waals surface area contributed by atoms with E-state index < -0.39 is 0 Å². The lowest BCUT2D eigenvalue weighted by atomic mass is 10.2. The number of aryl methyl sites for hydroxylation is 1. The average Bonchev–Trinajstić information content (AvgIpc) is 2.41. The van der Waals surface area contributed by atoms with E-state index in [0.29, 0.717) is 6.29 Å². The van der Waals surface area contributed by atoms with Gasteiger partial charge in [0.05, 0.1) is 0 Å². The molecular formula is C9H13N3O2. The predicted molar refractivity (Wildman–Crippen MR) is 50.1 cm³/mol. The second-order valence-electron chi connectivity index (χ2n) is 3.51. The Morgan fingerprint density at radius 2 is 2.21 bits per heavy atom. The Bertz CT molecular complexity index is 391. The maximum atomic E-state index is 11.7. The van der Waals surface area contributed by atoms with Gasteiger partial charge in [0.1, 0.15) is 18.7 Å². The van der Waals surface area contributed by atoms with Crippen LogP contribution in [-0.2, 0) is 24.3 Å². The molecule has 0 N–H and O–H groups in total. The Labute approximate surface area is 81.3 Å². The molecule has 5 nitrogen and oxygen atoms in total. The molecule has 5 heteroatoms. The van der Waals surface area contributed by atoms with Gasteiger partial charge < -0.3 is 4.79 Å². The number of hydrogen-bond donors (Lipinski definition) is 0. The third-order valence-electron chi connectivity index (χ3n) is 2.53. The molecule has 1 aromatic rings. The minimum absolute atomic E-state index is 0.0683. The van der Waals surface area contributed by atoms with Crippen LogP contribution < -0.4 is 5.69 Å². The van der Waals surface area contributed by atoms with Crippen molar-refractivity contribution in [3.05, 3.63) is 16.3 Å². The second kappa shape index (κ2) is 3.77. The largest absolute Gasteiger partial charge is 0.346 e. The van der Waals surface area contributed by atoms with Gasteiger partial charge in [0, 0.05) is 13.0 Å². The molecule has 1 aromatic heterocycles. The fraction of sp³-hybridized carbons (Fsp3) is 0.667. The quantitative estimate of drug-likeness (QED) is 0.623. The first-order valence-electron chi connectivity index (χ1n) is 4.93. The fourth-order valence-electron chi connectivity index (χ4n) is 1.81. The van der Waals surface area contributed by atoms with Crippen LogP contribution in [0, 0.1) is 0 Å². The minimum Gasteiger partial charge on any atom is -0.301 e. The lowest BCUT2D eigenvalue weighted by Crippen LogP contribution is -2.25. The molecule has 14 heavy (non-hydrogen) atoms. The van der Waals surface area contributed by atoms with Gasteiger partial charge in [-0.25, -0.2) is 9.48 Å². The first-order chi connectivity index (χ1) is 6.83. The second-order valence-corrected chi connectivity index (χ2v) is 3.51. The van der Waals surface area contributed by atoms with Crippen molar-refractivity contribution in [1.29, 1.82) is 0 Å². The zero-order valence-corrected chi connectivity index (χ0v) is 7.98. The molecule has 0 amide bonds. The summed E-state index contributed by atoms with van der Waals surface area (Å²) in [5.41, 5.74) is -0.144. The van der Waals surface area contributed by atoms with Gasteiger partial charge in [-0.15, -0.1) is 0 Å². The van der Waals surface area contributed by atoms with Crippen LogP contribution in [0.5, 0.6) is 0 Å². The molecule has 0 unspecified atom stereocenters. The summed E-state index contributed by atoms with van der Waals surface area (Å²) in [4.78, 5) is 22.0. The SMILES string of the molecule is O=CCn1nc2n(c1=O)CCCCC2. The molecule has 0 aliphatic carbocycles. The maximum Gasteiger partial charge on any atom is 0.346 e. The minimum atomic E-state index is -0.144. The predicted octanol–water partition coefficient (Wildman–Crippen LogP) is -0.0299. The van der Waals surface area contributed by atoms with Crippen LogP contribution in [0.3, 0.4) is 0 Å². The highest BCUT2D eigenvalue weighted by molar-refractivity contribution is 5.48. The molecule has 0 radical (unpaired) electrons. The molecule has 0 saturated heterocycles. The van der Waals surface area contributed by atoms with Crippen molar-refractivity contribution in [2.45, 2.75) is 38.8 Å². The molecule has 0 fully saturated rings. The summed E-state index contributed by atoms with van der Waals surface area (Å²) in [5, 5.41) is 4.14. The lowest BCUT2D eigenvalue weighted by molar-refractivity contribution is -0.108. The first kappa shape index (κ1) is 9.18. The Morgan fingerprint density at radius 1 is 1.36 bits per heavy atom. The van der Waals surface area contributed by atoms with Gasteiger partial charge in [-0.05, 0) is 12.8 Å². The van der Waals surface area contributed by atoms with Gasteiger partial charge in [0.2, 0.25) is 0 Å². The number of aromatic nitrogens is 3. The highest BCUT2D eigenvalue weighted by Crippen LogP contribution is 2.09. The van der Waals surface area contributed by atoms with E-state index in [1.807, 2.05) is 0 Å². The van der Waals surface area contributed by atoms with Crippen molar-refractivity contribution in [3.63, 3.8) is 0 Å². The van der Waals surface area contributed by atoms with Crippen LogP contribution in [0.15, 0.2) is 4.79 Å². The molecule has 1 aliphatic heterocycles. The van der Waals surface area contributed by atoms with Gasteiger partial charge in [-0.1, -0.05) is 6.42 Å². The number of aldehydes is 1. The van der Waals surface area contributed by atoms with E-state index in [1.165, 1.54) is 4.68 Å². The van der Waals surface area contributed by atoms with Crippen molar-refractivity contribution < 1.29 is 4.79 Å². The summed E-state index contributed by atoms with van der Waals surface area (Å²) in [7, 11) is 0. The molecule has 0 spiro atoms. The number of carbonyl (C=O) groups is 1. The van der Waals surface area contributed by atoms with E-state index in [1.54, 1.807) is 4.57 Å². The van der Waals surface area contributed by atoms with Crippen molar-refractivity contribution in [1.82, 2.24) is 14.3 Å². The number of carbonyl (C=O) groups excluding carboxylic acids is 1. The molecule has 0 saturated carbocycles. The maximum absolute atomic E-state index is 11.7. The Balaban J connectivity index is 2.40. The van der Waals surface area contributed by atoms with Crippen molar-refractivity contribution in [3.8, 4) is 0 Å². The van der Waals surface area contributed by atoms with Gasteiger partial charge in [0.25, 0.3) is 0 Å². The zero-order chi connectivity index (χ0) is 9.97. The summed E-state index contributed by atoms with van der Waals surface area (Å²) in [5.74, 6) is 0.828. The van der Waals surface area contributed by atoms with Crippen molar-refractivity contribution in [2.24, 2.45) is 0 Å². The van der Waals surface area contributed by atoms with Crippen molar-refractivity contribution in [2.75, 3.05) is 0 Å². The molecule has 76 valence electrons. The van der Waals surface area contributed by atoms with E-state index in [0.717, 1.165) is 38.1 Å². The monoisotopic (exact) mass is 195 g/mol. The zero-order valence-electron chi connectivity index (χ0n) is 7.98. The summed E-state index contributed by atoms with van der Waals surface area (Å²) < 4.78 is 2.93. The van der Waals surface area contributed by atoms with E-state index in [9.17, 15) is 9.59 Å². The normalized spacial score (nSPS) is 16.0. The van der Waals surface area contributed by atoms with Crippen LogP contribution in [-0.4, -0.2) is 20.6 Å². The number of rotatable bonds is 2. The smallest absolute Gasteiger partial charge is 0.301 e. The van der Waals surface area contributed by atoms with E-state index >= 15 is 0 Å². The molecule has 0 atom stereocenters. The Hall–Kier alpha value is -1.39. The number of nitrogens with zero attached hydrogens (tertiary/aromatic N) is 3. The Morgan fingerprint density at radius 3 is 3.00 bits per heavy atom. The highest BCUT2D eigenvalue weighted by atomic mass is 16.2. The first-order valence-corrected chi connectivity index (χ1v) is 4.93. The topological polar surface area (TPSA) is 56.9 Å². The summed E-state index contributed by atoms with van der Waals surface area (Å²) in [6.45, 7) is 0.811. The molecule has 0 aromatic carbocycles. The van der Waals surface area contributed by atoms with Crippen LogP contribution in [0.1, 0.15) is 25.1 Å². The number of fused-ring (bicyclic) bond motifs is 1. The highest BCUT2D eigenvalue weighted by Gasteiger charge is 2.14. The summed E-state index contributed by atoms with van der Waals surface area (Å²) in [6.07, 6.45) is 4.81. The molecule has 2 rings (SSSR count). The standard InChI is InChI=1S/C9H13N3O2/c13-7-6-12-9(14)11-5-3-1-2-4-8(11)10-12/h7H,1-6H2. The van der Waals surface area contributed by atoms with Gasteiger partial charge in [0.15, 0.2) is 0 Å². The summed E-state index contributed by atoms with van der Waals surface area (Å²) >= 11 is 0. The fourth-order valence-corrected chi connectivity index (χ4v) is 1.81. The number of hydrogen-bond acceptors (Lipinski definition) is 3. The van der Waals surface area contributed by atoms with Crippen LogP contribution in [0.2, 0.25) is 0 Å². The molecular weight excluding hydrogens is 182 g/mol. The lowest BCUT2D eigenvalue weighted by Gasteiger charge is -1.96. The van der Waals surface area contributed by atoms with Crippen LogP contribution >= 0.6 is 0 Å². The average molecular weight is 195 g/mol. The van der Waals surface area contributed by atoms with Gasteiger partial charge >= 0.3 is 5.69 Å². The van der Waals surface area contributed by atoms with E-state index in [2.05, 4.69) is 5.10 Å². The third-order valence-corrected chi connectivity index (χ3v) is 2.53. The Kier molecular flexibility index (Phi) is 2.47. The van der Waals surface area contributed by atoms with Crippen molar-refractivity contribution >= 4 is 6.29 Å². The van der Waals surface area contributed by atoms with Crippen LogP contribution in [0.25, 0.3) is 0 Å².